The number of esters is 1. The molecule has 0 aliphatic heterocycles. The summed E-state index contributed by atoms with van der Waals surface area (Å²) >= 11 is 0. The molecule has 130 valence electrons. The number of rotatable bonds is 6. The first-order valence-corrected chi connectivity index (χ1v) is 8.64. The molecule has 1 N–H and O–H groups in total. The van der Waals surface area contributed by atoms with Crippen LogP contribution in [-0.2, 0) is 19.7 Å². The van der Waals surface area contributed by atoms with E-state index in [0.717, 1.165) is 18.4 Å². The van der Waals surface area contributed by atoms with Crippen LogP contribution < -0.4 is 5.32 Å². The molecule has 4 nitrogen and oxygen atoms in total. The molecule has 4 heteroatoms. The van der Waals surface area contributed by atoms with Gasteiger partial charge < -0.3 is 10.1 Å². The summed E-state index contributed by atoms with van der Waals surface area (Å²) in [7, 11) is 0. The van der Waals surface area contributed by atoms with Gasteiger partial charge in [-0.3, -0.25) is 9.59 Å². The van der Waals surface area contributed by atoms with Crippen LogP contribution in [0.3, 0.4) is 0 Å². The van der Waals surface area contributed by atoms with Gasteiger partial charge in [0.25, 0.3) is 5.91 Å². The monoisotopic (exact) mass is 337 g/mol. The Bertz CT molecular complexity index is 746. The predicted molar refractivity (Wildman–Crippen MR) is 97.5 cm³/mol. The van der Waals surface area contributed by atoms with E-state index in [1.807, 2.05) is 54.6 Å². The fourth-order valence-electron chi connectivity index (χ4n) is 2.91. The van der Waals surface area contributed by atoms with E-state index >= 15 is 0 Å². The Morgan fingerprint density at radius 3 is 2.24 bits per heavy atom. The largest absolute Gasteiger partial charge is 0.455 e. The number of hydrogen-bond donors (Lipinski definition) is 1. The summed E-state index contributed by atoms with van der Waals surface area (Å²) < 4.78 is 5.27. The average Bonchev–Trinajstić information content (AvgIpc) is 3.43. The van der Waals surface area contributed by atoms with Crippen molar-refractivity contribution in [2.75, 3.05) is 11.9 Å². The van der Waals surface area contributed by atoms with Crippen molar-refractivity contribution in [2.45, 2.75) is 38.0 Å². The van der Waals surface area contributed by atoms with Crippen LogP contribution in [0.4, 0.5) is 5.69 Å². The fraction of sp³-hybridized carbons (Fsp3) is 0.333. The standard InChI is InChI=1S/C21H23NO3/c1-15(2)16-8-10-18(11-9-16)22-19(23)14-25-20(24)21(12-13-21)17-6-4-3-5-7-17/h3-11,15H,12-14H2,1-2H3,(H,22,23). The quantitative estimate of drug-likeness (QED) is 0.810. The maximum absolute atomic E-state index is 12.4. The van der Waals surface area contributed by atoms with Crippen LogP contribution in [0.15, 0.2) is 54.6 Å². The Hall–Kier alpha value is -2.62. The molecule has 0 unspecified atom stereocenters. The van der Waals surface area contributed by atoms with E-state index in [9.17, 15) is 9.59 Å². The SMILES string of the molecule is CC(C)c1ccc(NC(=O)COC(=O)C2(c3ccccc3)CC2)cc1. The second-order valence-corrected chi connectivity index (χ2v) is 6.85. The van der Waals surface area contributed by atoms with Crippen LogP contribution in [0, 0.1) is 0 Å². The molecule has 1 saturated carbocycles. The predicted octanol–water partition coefficient (Wildman–Crippen LogP) is 4.02. The van der Waals surface area contributed by atoms with Gasteiger partial charge in [0, 0.05) is 5.69 Å². The Kier molecular flexibility index (Phi) is 4.88. The summed E-state index contributed by atoms with van der Waals surface area (Å²) in [5.74, 6) is -0.197. The minimum Gasteiger partial charge on any atom is -0.455 e. The summed E-state index contributed by atoms with van der Waals surface area (Å²) in [5.41, 5.74) is 2.32. The Labute approximate surface area is 148 Å². The third-order valence-corrected chi connectivity index (χ3v) is 4.66. The molecule has 0 radical (unpaired) electrons. The van der Waals surface area contributed by atoms with Crippen LogP contribution in [0.1, 0.15) is 43.7 Å². The molecule has 2 aromatic carbocycles. The first-order valence-electron chi connectivity index (χ1n) is 8.64. The topological polar surface area (TPSA) is 55.4 Å². The Morgan fingerprint density at radius 1 is 1.04 bits per heavy atom. The summed E-state index contributed by atoms with van der Waals surface area (Å²) in [6.45, 7) is 3.97. The highest BCUT2D eigenvalue weighted by atomic mass is 16.5. The van der Waals surface area contributed by atoms with Gasteiger partial charge in [-0.2, -0.15) is 0 Å². The first-order chi connectivity index (χ1) is 12.0. The van der Waals surface area contributed by atoms with Crippen molar-refractivity contribution in [2.24, 2.45) is 0 Å². The number of benzene rings is 2. The zero-order valence-corrected chi connectivity index (χ0v) is 14.6. The molecule has 1 amide bonds. The third-order valence-electron chi connectivity index (χ3n) is 4.66. The lowest BCUT2D eigenvalue weighted by Gasteiger charge is -2.15. The van der Waals surface area contributed by atoms with Gasteiger partial charge in [-0.25, -0.2) is 0 Å². The lowest BCUT2D eigenvalue weighted by atomic mass is 9.96. The van der Waals surface area contributed by atoms with Crippen LogP contribution >= 0.6 is 0 Å². The lowest BCUT2D eigenvalue weighted by molar-refractivity contribution is -0.150. The molecule has 3 rings (SSSR count). The first kappa shape index (κ1) is 17.2. The molecule has 0 aromatic heterocycles. The Morgan fingerprint density at radius 2 is 1.68 bits per heavy atom. The molecule has 0 heterocycles. The van der Waals surface area contributed by atoms with Crippen molar-refractivity contribution in [3.8, 4) is 0 Å². The van der Waals surface area contributed by atoms with E-state index in [-0.39, 0.29) is 18.5 Å². The number of hydrogen-bond acceptors (Lipinski definition) is 3. The highest BCUT2D eigenvalue weighted by molar-refractivity contribution is 5.94. The minimum atomic E-state index is -0.555. The molecular weight excluding hydrogens is 314 g/mol. The summed E-state index contributed by atoms with van der Waals surface area (Å²) in [6, 6.07) is 17.3. The summed E-state index contributed by atoms with van der Waals surface area (Å²) in [6.07, 6.45) is 1.54. The molecule has 0 atom stereocenters. The normalized spacial score (nSPS) is 14.8. The van der Waals surface area contributed by atoms with Gasteiger partial charge in [0.05, 0.1) is 5.41 Å². The van der Waals surface area contributed by atoms with Crippen molar-refractivity contribution in [1.29, 1.82) is 0 Å². The average molecular weight is 337 g/mol. The minimum absolute atomic E-state index is 0.265. The molecule has 1 fully saturated rings. The molecule has 0 spiro atoms. The molecule has 0 saturated heterocycles. The molecule has 0 bridgehead atoms. The number of carbonyl (C=O) groups excluding carboxylic acids is 2. The van der Waals surface area contributed by atoms with Gasteiger partial charge >= 0.3 is 5.97 Å². The Balaban J connectivity index is 1.53. The van der Waals surface area contributed by atoms with Crippen LogP contribution in [-0.4, -0.2) is 18.5 Å². The van der Waals surface area contributed by atoms with Gasteiger partial charge in [0.15, 0.2) is 6.61 Å². The summed E-state index contributed by atoms with van der Waals surface area (Å²) in [4.78, 5) is 24.4. The van der Waals surface area contributed by atoms with Crippen molar-refractivity contribution < 1.29 is 14.3 Å². The van der Waals surface area contributed by atoms with Crippen LogP contribution in [0.2, 0.25) is 0 Å². The van der Waals surface area contributed by atoms with E-state index in [0.29, 0.717) is 11.6 Å². The maximum Gasteiger partial charge on any atom is 0.317 e. The zero-order chi connectivity index (χ0) is 17.9. The fourth-order valence-corrected chi connectivity index (χ4v) is 2.91. The number of ether oxygens (including phenoxy) is 1. The third kappa shape index (κ3) is 3.90. The van der Waals surface area contributed by atoms with Crippen LogP contribution in [0.25, 0.3) is 0 Å². The van der Waals surface area contributed by atoms with Crippen LogP contribution in [0.5, 0.6) is 0 Å². The highest BCUT2D eigenvalue weighted by Crippen LogP contribution is 2.49. The number of amides is 1. The molecule has 25 heavy (non-hydrogen) atoms. The van der Waals surface area contributed by atoms with Gasteiger partial charge in [0.2, 0.25) is 0 Å². The van der Waals surface area contributed by atoms with Crippen molar-refractivity contribution in [3.63, 3.8) is 0 Å². The van der Waals surface area contributed by atoms with Crippen molar-refractivity contribution >= 4 is 17.6 Å². The number of nitrogens with one attached hydrogen (secondary N) is 1. The molecule has 1 aliphatic rings. The molecule has 1 aliphatic carbocycles. The number of anilines is 1. The summed E-state index contributed by atoms with van der Waals surface area (Å²) in [5, 5.41) is 2.76. The van der Waals surface area contributed by atoms with E-state index in [1.165, 1.54) is 5.56 Å². The number of carbonyl (C=O) groups is 2. The lowest BCUT2D eigenvalue weighted by Crippen LogP contribution is -2.28. The van der Waals surface area contributed by atoms with E-state index in [2.05, 4.69) is 19.2 Å². The maximum atomic E-state index is 12.4. The van der Waals surface area contributed by atoms with Crippen molar-refractivity contribution in [3.05, 3.63) is 65.7 Å². The molecule has 2 aromatic rings. The van der Waals surface area contributed by atoms with Gasteiger partial charge in [-0.15, -0.1) is 0 Å². The van der Waals surface area contributed by atoms with E-state index in [1.54, 1.807) is 0 Å². The van der Waals surface area contributed by atoms with Gasteiger partial charge in [0.1, 0.15) is 0 Å². The van der Waals surface area contributed by atoms with Gasteiger partial charge in [-0.1, -0.05) is 56.3 Å². The molecular formula is C21H23NO3. The van der Waals surface area contributed by atoms with Gasteiger partial charge in [-0.05, 0) is 42.0 Å². The van der Waals surface area contributed by atoms with E-state index in [4.69, 9.17) is 4.74 Å². The second kappa shape index (κ2) is 7.09. The smallest absolute Gasteiger partial charge is 0.317 e. The van der Waals surface area contributed by atoms with E-state index < -0.39 is 5.41 Å². The highest BCUT2D eigenvalue weighted by Gasteiger charge is 2.52. The zero-order valence-electron chi connectivity index (χ0n) is 14.6. The second-order valence-electron chi connectivity index (χ2n) is 6.85. The van der Waals surface area contributed by atoms with Crippen molar-refractivity contribution in [1.82, 2.24) is 0 Å².